The summed E-state index contributed by atoms with van der Waals surface area (Å²) in [4.78, 5) is 2.23. The number of benzene rings is 1. The van der Waals surface area contributed by atoms with E-state index in [4.69, 9.17) is 14.6 Å². The molecule has 1 aromatic rings. The molecule has 0 spiro atoms. The van der Waals surface area contributed by atoms with E-state index in [2.05, 4.69) is 4.90 Å². The molecule has 5 heteroatoms. The molecule has 1 fully saturated rings. The monoisotopic (exact) mass is 295 g/mol. The topological polar surface area (TPSA) is 62.2 Å². The Hall–Kier alpha value is -1.30. The number of piperidine rings is 1. The molecule has 1 atom stereocenters. The second-order valence-electron chi connectivity index (χ2n) is 5.57. The van der Waals surface area contributed by atoms with E-state index in [1.807, 2.05) is 18.2 Å². The number of rotatable bonds is 7. The second kappa shape index (κ2) is 8.22. The highest BCUT2D eigenvalue weighted by atomic mass is 16.5. The van der Waals surface area contributed by atoms with Gasteiger partial charge in [-0.1, -0.05) is 6.07 Å². The highest BCUT2D eigenvalue weighted by Crippen LogP contribution is 2.19. The molecular weight excluding hydrogens is 270 g/mol. The molecule has 1 aromatic carbocycles. The van der Waals surface area contributed by atoms with E-state index >= 15 is 0 Å². The van der Waals surface area contributed by atoms with Gasteiger partial charge in [-0.15, -0.1) is 0 Å². The predicted molar refractivity (Wildman–Crippen MR) is 80.7 cm³/mol. The molecule has 5 nitrogen and oxygen atoms in total. The van der Waals surface area contributed by atoms with Crippen LogP contribution in [0, 0.1) is 5.92 Å². The van der Waals surface area contributed by atoms with Crippen molar-refractivity contribution in [1.82, 2.24) is 4.90 Å². The van der Waals surface area contributed by atoms with Crippen molar-refractivity contribution in [2.45, 2.75) is 18.9 Å². The smallest absolute Gasteiger partial charge is 0.123 e. The first-order chi connectivity index (χ1) is 10.2. The molecule has 0 radical (unpaired) electrons. The molecule has 118 valence electrons. The quantitative estimate of drug-likeness (QED) is 0.790. The number of likely N-dealkylation sites (tertiary alicyclic amines) is 1. The van der Waals surface area contributed by atoms with E-state index in [1.165, 1.54) is 0 Å². The van der Waals surface area contributed by atoms with Gasteiger partial charge in [-0.3, -0.25) is 0 Å². The van der Waals surface area contributed by atoms with Crippen LogP contribution in [0.15, 0.2) is 24.3 Å². The number of β-amino-alcohol motifs (C(OH)–C–C–N with tert-alkyl or cyclic N) is 1. The van der Waals surface area contributed by atoms with Crippen LogP contribution in [0.4, 0.5) is 0 Å². The third kappa shape index (κ3) is 5.19. The summed E-state index contributed by atoms with van der Waals surface area (Å²) in [6.07, 6.45) is 1.49. The van der Waals surface area contributed by atoms with Crippen LogP contribution < -0.4 is 9.47 Å². The van der Waals surface area contributed by atoms with Crippen molar-refractivity contribution in [3.05, 3.63) is 24.3 Å². The van der Waals surface area contributed by atoms with Crippen molar-refractivity contribution < 1.29 is 19.7 Å². The molecule has 21 heavy (non-hydrogen) atoms. The number of methoxy groups -OCH3 is 1. The van der Waals surface area contributed by atoms with Crippen LogP contribution in [0.25, 0.3) is 0 Å². The molecule has 2 rings (SSSR count). The Balaban J connectivity index is 1.71. The van der Waals surface area contributed by atoms with Crippen molar-refractivity contribution in [2.24, 2.45) is 5.92 Å². The van der Waals surface area contributed by atoms with Crippen molar-refractivity contribution in [2.75, 3.05) is 40.0 Å². The Labute approximate surface area is 126 Å². The molecule has 0 bridgehead atoms. The summed E-state index contributed by atoms with van der Waals surface area (Å²) in [7, 11) is 1.62. The second-order valence-corrected chi connectivity index (χ2v) is 5.57. The average molecular weight is 295 g/mol. The van der Waals surface area contributed by atoms with E-state index < -0.39 is 6.10 Å². The summed E-state index contributed by atoms with van der Waals surface area (Å²) >= 11 is 0. The molecule has 1 aliphatic rings. The number of aliphatic hydroxyl groups is 2. The van der Waals surface area contributed by atoms with Gasteiger partial charge in [0.05, 0.1) is 7.11 Å². The van der Waals surface area contributed by atoms with Gasteiger partial charge in [0.1, 0.15) is 24.2 Å². The summed E-state index contributed by atoms with van der Waals surface area (Å²) in [6, 6.07) is 7.37. The number of hydrogen-bond donors (Lipinski definition) is 2. The summed E-state index contributed by atoms with van der Waals surface area (Å²) in [5.74, 6) is 1.87. The summed E-state index contributed by atoms with van der Waals surface area (Å²) in [5, 5.41) is 19.2. The molecule has 2 N–H and O–H groups in total. The third-order valence-electron chi connectivity index (χ3n) is 3.92. The van der Waals surface area contributed by atoms with Crippen LogP contribution in [-0.2, 0) is 0 Å². The molecule has 0 saturated carbocycles. The Kier molecular flexibility index (Phi) is 6.29. The molecular formula is C16H25NO4. The molecule has 1 saturated heterocycles. The fourth-order valence-corrected chi connectivity index (χ4v) is 2.59. The standard InChI is InChI=1S/C16H25NO4/c1-20-15-3-2-4-16(9-15)21-12-14(19)10-17-7-5-13(11-18)6-8-17/h2-4,9,13-14,18-19H,5-8,10-12H2,1H3. The maximum Gasteiger partial charge on any atom is 0.123 e. The molecule has 0 aromatic heterocycles. The van der Waals surface area contributed by atoms with Gasteiger partial charge in [0.15, 0.2) is 0 Å². The van der Waals surface area contributed by atoms with Crippen molar-refractivity contribution in [1.29, 1.82) is 0 Å². The first-order valence-corrected chi connectivity index (χ1v) is 7.49. The minimum atomic E-state index is -0.512. The van der Waals surface area contributed by atoms with Crippen LogP contribution in [0.3, 0.4) is 0 Å². The minimum Gasteiger partial charge on any atom is -0.497 e. The highest BCUT2D eigenvalue weighted by molar-refractivity contribution is 5.32. The van der Waals surface area contributed by atoms with Gasteiger partial charge in [0.25, 0.3) is 0 Å². The van der Waals surface area contributed by atoms with Crippen molar-refractivity contribution >= 4 is 0 Å². The number of ether oxygens (including phenoxy) is 2. The van der Waals surface area contributed by atoms with Gasteiger partial charge in [-0.2, -0.15) is 0 Å². The van der Waals surface area contributed by atoms with Gasteiger partial charge < -0.3 is 24.6 Å². The third-order valence-corrected chi connectivity index (χ3v) is 3.92. The fourth-order valence-electron chi connectivity index (χ4n) is 2.59. The van der Waals surface area contributed by atoms with Gasteiger partial charge >= 0.3 is 0 Å². The molecule has 1 aliphatic heterocycles. The average Bonchev–Trinajstić information content (AvgIpc) is 2.54. The zero-order chi connectivity index (χ0) is 15.1. The van der Waals surface area contributed by atoms with Crippen LogP contribution in [-0.4, -0.2) is 61.2 Å². The van der Waals surface area contributed by atoms with E-state index in [1.54, 1.807) is 13.2 Å². The van der Waals surface area contributed by atoms with Gasteiger partial charge in [-0.25, -0.2) is 0 Å². The van der Waals surface area contributed by atoms with E-state index in [0.717, 1.165) is 31.7 Å². The predicted octanol–water partition coefficient (Wildman–Crippen LogP) is 1.14. The van der Waals surface area contributed by atoms with Crippen LogP contribution in [0.2, 0.25) is 0 Å². The normalized spacial score (nSPS) is 18.4. The van der Waals surface area contributed by atoms with Gasteiger partial charge in [0.2, 0.25) is 0 Å². The van der Waals surface area contributed by atoms with E-state index in [0.29, 0.717) is 18.2 Å². The van der Waals surface area contributed by atoms with Crippen molar-refractivity contribution in [3.63, 3.8) is 0 Å². The van der Waals surface area contributed by atoms with Gasteiger partial charge in [-0.05, 0) is 44.0 Å². The lowest BCUT2D eigenvalue weighted by molar-refractivity contribution is 0.0488. The lowest BCUT2D eigenvalue weighted by Crippen LogP contribution is -2.41. The molecule has 0 aliphatic carbocycles. The summed E-state index contributed by atoms with van der Waals surface area (Å²) in [5.41, 5.74) is 0. The highest BCUT2D eigenvalue weighted by Gasteiger charge is 2.20. The first-order valence-electron chi connectivity index (χ1n) is 7.49. The summed E-state index contributed by atoms with van der Waals surface area (Å²) < 4.78 is 10.7. The molecule has 1 heterocycles. The van der Waals surface area contributed by atoms with Crippen LogP contribution >= 0.6 is 0 Å². The van der Waals surface area contributed by atoms with Gasteiger partial charge in [0, 0.05) is 19.2 Å². The van der Waals surface area contributed by atoms with Crippen LogP contribution in [0.5, 0.6) is 11.5 Å². The van der Waals surface area contributed by atoms with E-state index in [9.17, 15) is 5.11 Å². The minimum absolute atomic E-state index is 0.271. The Morgan fingerprint density at radius 3 is 2.67 bits per heavy atom. The van der Waals surface area contributed by atoms with Crippen LogP contribution in [0.1, 0.15) is 12.8 Å². The lowest BCUT2D eigenvalue weighted by Gasteiger charge is -2.32. The molecule has 1 unspecified atom stereocenters. The fraction of sp³-hybridized carbons (Fsp3) is 0.625. The zero-order valence-electron chi connectivity index (χ0n) is 12.6. The lowest BCUT2D eigenvalue weighted by atomic mass is 9.98. The summed E-state index contributed by atoms with van der Waals surface area (Å²) in [6.45, 7) is 3.02. The first kappa shape index (κ1) is 16.1. The molecule has 0 amide bonds. The number of nitrogens with zero attached hydrogens (tertiary/aromatic N) is 1. The SMILES string of the molecule is COc1cccc(OCC(O)CN2CCC(CO)CC2)c1. The zero-order valence-corrected chi connectivity index (χ0v) is 12.6. The Morgan fingerprint density at radius 2 is 2.00 bits per heavy atom. The number of aliphatic hydroxyl groups excluding tert-OH is 2. The maximum atomic E-state index is 10.1. The Morgan fingerprint density at radius 1 is 1.29 bits per heavy atom. The maximum absolute atomic E-state index is 10.1. The largest absolute Gasteiger partial charge is 0.497 e. The van der Waals surface area contributed by atoms with Crippen molar-refractivity contribution in [3.8, 4) is 11.5 Å². The Bertz CT molecular complexity index is 418. The van der Waals surface area contributed by atoms with E-state index in [-0.39, 0.29) is 13.2 Å². The number of hydrogen-bond acceptors (Lipinski definition) is 5.